The van der Waals surface area contributed by atoms with Gasteiger partial charge in [0.25, 0.3) is 0 Å². The van der Waals surface area contributed by atoms with Crippen LogP contribution in [-0.4, -0.2) is 21.6 Å². The molecule has 114 valence electrons. The first-order chi connectivity index (χ1) is 10.5. The van der Waals surface area contributed by atoms with Crippen LogP contribution in [-0.2, 0) is 4.74 Å². The van der Waals surface area contributed by atoms with Crippen LogP contribution in [0, 0.1) is 0 Å². The maximum absolute atomic E-state index is 12.3. The van der Waals surface area contributed by atoms with Gasteiger partial charge in [0.05, 0.1) is 12.4 Å². The molecule has 2 aromatic rings. The van der Waals surface area contributed by atoms with Crippen LogP contribution in [0.4, 0.5) is 0 Å². The third-order valence-electron chi connectivity index (χ3n) is 3.29. The molecule has 0 amide bonds. The Morgan fingerprint density at radius 1 is 1.41 bits per heavy atom. The minimum atomic E-state index is -0.524. The van der Waals surface area contributed by atoms with Crippen LogP contribution < -0.4 is 0 Å². The van der Waals surface area contributed by atoms with Crippen molar-refractivity contribution in [3.63, 3.8) is 0 Å². The third-order valence-corrected chi connectivity index (χ3v) is 3.56. The molecule has 0 aliphatic carbocycles. The molecule has 1 heterocycles. The number of rotatable bonds is 5. The number of ether oxygens (including phenoxy) is 1. The van der Waals surface area contributed by atoms with Gasteiger partial charge in [-0.3, -0.25) is 0 Å². The Hall–Kier alpha value is -2.29. The van der Waals surface area contributed by atoms with Crippen molar-refractivity contribution in [2.75, 3.05) is 0 Å². The van der Waals surface area contributed by atoms with Crippen molar-refractivity contribution in [1.29, 1.82) is 0 Å². The van der Waals surface area contributed by atoms with Crippen LogP contribution in [0.1, 0.15) is 35.9 Å². The molecule has 5 heteroatoms. The fourth-order valence-electron chi connectivity index (χ4n) is 2.14. The molecule has 1 aromatic heterocycles. The van der Waals surface area contributed by atoms with E-state index in [-0.39, 0.29) is 16.9 Å². The van der Waals surface area contributed by atoms with Crippen molar-refractivity contribution in [1.82, 2.24) is 9.55 Å². The van der Waals surface area contributed by atoms with Gasteiger partial charge in [0.1, 0.15) is 6.10 Å². The van der Waals surface area contributed by atoms with Crippen molar-refractivity contribution < 1.29 is 9.53 Å². The summed E-state index contributed by atoms with van der Waals surface area (Å²) in [5.74, 6) is -0.524. The largest absolute Gasteiger partial charge is 0.453 e. The standard InChI is InChI=1S/C17H17ClN2O2/c1-4-8-12(2)22-17(21)15-16(18)19-11-20(15)13(3)14-9-6-5-7-10-14/h5-13H,1H2,2-3H3/t12?,13-/m1/s1. The van der Waals surface area contributed by atoms with Gasteiger partial charge in [0.15, 0.2) is 10.8 Å². The highest BCUT2D eigenvalue weighted by Gasteiger charge is 2.23. The topological polar surface area (TPSA) is 44.1 Å². The van der Waals surface area contributed by atoms with Crippen LogP contribution in [0.3, 0.4) is 0 Å². The first kappa shape index (κ1) is 16.1. The number of halogens is 1. The number of esters is 1. The molecular formula is C17H17ClN2O2. The van der Waals surface area contributed by atoms with Gasteiger partial charge >= 0.3 is 5.97 Å². The molecule has 0 fully saturated rings. The van der Waals surface area contributed by atoms with E-state index in [4.69, 9.17) is 16.3 Å². The summed E-state index contributed by atoms with van der Waals surface area (Å²) < 4.78 is 7.01. The summed E-state index contributed by atoms with van der Waals surface area (Å²) in [5, 5.41) is 0.127. The van der Waals surface area contributed by atoms with Crippen LogP contribution in [0.5, 0.6) is 0 Å². The number of nitrogens with zero attached hydrogens (tertiary/aromatic N) is 2. The Morgan fingerprint density at radius 3 is 2.73 bits per heavy atom. The van der Waals surface area contributed by atoms with Gasteiger partial charge in [-0.1, -0.05) is 48.5 Å². The highest BCUT2D eigenvalue weighted by atomic mass is 35.5. The third kappa shape index (κ3) is 3.48. The monoisotopic (exact) mass is 316 g/mol. The molecule has 0 bridgehead atoms. The van der Waals surface area contributed by atoms with Gasteiger partial charge in [-0.05, 0) is 25.5 Å². The van der Waals surface area contributed by atoms with Crippen molar-refractivity contribution in [2.24, 2.45) is 0 Å². The summed E-state index contributed by atoms with van der Waals surface area (Å²) in [6, 6.07) is 9.70. The molecule has 0 radical (unpaired) electrons. The maximum Gasteiger partial charge on any atom is 0.358 e. The predicted octanol–water partition coefficient (Wildman–Crippen LogP) is 4.03. The molecule has 1 aromatic carbocycles. The SMILES string of the molecule is C=C=CC(C)OC(=O)c1c(Cl)ncn1[C@H](C)c1ccccc1. The molecule has 1 unspecified atom stereocenters. The molecule has 0 N–H and O–H groups in total. The second-order valence-electron chi connectivity index (χ2n) is 4.86. The van der Waals surface area contributed by atoms with Crippen molar-refractivity contribution in [3.8, 4) is 0 Å². The fourth-order valence-corrected chi connectivity index (χ4v) is 2.36. The Kier molecular flexibility index (Phi) is 5.21. The van der Waals surface area contributed by atoms with Gasteiger partial charge in [-0.15, -0.1) is 5.73 Å². The maximum atomic E-state index is 12.3. The van der Waals surface area contributed by atoms with Crippen molar-refractivity contribution in [3.05, 3.63) is 71.5 Å². The number of hydrogen-bond acceptors (Lipinski definition) is 3. The lowest BCUT2D eigenvalue weighted by atomic mass is 10.1. The minimum absolute atomic E-state index is 0.0889. The second-order valence-corrected chi connectivity index (χ2v) is 5.22. The molecule has 0 aliphatic rings. The number of benzene rings is 1. The predicted molar refractivity (Wildman–Crippen MR) is 86.1 cm³/mol. The van der Waals surface area contributed by atoms with E-state index in [0.717, 1.165) is 5.56 Å². The number of imidazole rings is 1. The molecule has 4 nitrogen and oxygen atoms in total. The minimum Gasteiger partial charge on any atom is -0.453 e. The van der Waals surface area contributed by atoms with E-state index in [2.05, 4.69) is 17.3 Å². The number of hydrogen-bond donors (Lipinski definition) is 0. The Bertz CT molecular complexity index is 703. The second kappa shape index (κ2) is 7.12. The van der Waals surface area contributed by atoms with Crippen molar-refractivity contribution in [2.45, 2.75) is 26.0 Å². The summed E-state index contributed by atoms with van der Waals surface area (Å²) in [6.45, 7) is 7.16. The van der Waals surface area contributed by atoms with E-state index in [1.165, 1.54) is 0 Å². The van der Waals surface area contributed by atoms with E-state index in [1.54, 1.807) is 23.9 Å². The highest BCUT2D eigenvalue weighted by Crippen LogP contribution is 2.24. The summed E-state index contributed by atoms with van der Waals surface area (Å²) in [4.78, 5) is 16.4. The van der Waals surface area contributed by atoms with Crippen LogP contribution in [0.25, 0.3) is 0 Å². The van der Waals surface area contributed by atoms with E-state index < -0.39 is 12.1 Å². The highest BCUT2D eigenvalue weighted by molar-refractivity contribution is 6.32. The lowest BCUT2D eigenvalue weighted by molar-refractivity contribution is 0.0411. The van der Waals surface area contributed by atoms with E-state index in [1.807, 2.05) is 37.3 Å². The lowest BCUT2D eigenvalue weighted by Gasteiger charge is -2.17. The van der Waals surface area contributed by atoms with Gasteiger partial charge in [0.2, 0.25) is 0 Å². The van der Waals surface area contributed by atoms with E-state index in [0.29, 0.717) is 0 Å². The zero-order chi connectivity index (χ0) is 16.1. The number of carbonyl (C=O) groups excluding carboxylic acids is 1. The smallest absolute Gasteiger partial charge is 0.358 e. The van der Waals surface area contributed by atoms with Gasteiger partial charge in [-0.25, -0.2) is 9.78 Å². The Labute approximate surface area is 134 Å². The average Bonchev–Trinajstić information content (AvgIpc) is 2.89. The van der Waals surface area contributed by atoms with E-state index >= 15 is 0 Å². The zero-order valence-electron chi connectivity index (χ0n) is 12.5. The molecular weight excluding hydrogens is 300 g/mol. The molecule has 0 aliphatic heterocycles. The summed E-state index contributed by atoms with van der Waals surface area (Å²) in [5.41, 5.74) is 3.87. The van der Waals surface area contributed by atoms with Gasteiger partial charge in [0, 0.05) is 0 Å². The zero-order valence-corrected chi connectivity index (χ0v) is 13.2. The number of aromatic nitrogens is 2. The Morgan fingerprint density at radius 2 is 2.09 bits per heavy atom. The lowest BCUT2D eigenvalue weighted by Crippen LogP contribution is -2.19. The first-order valence-electron chi connectivity index (χ1n) is 6.88. The van der Waals surface area contributed by atoms with Crippen LogP contribution in [0.15, 0.2) is 55.0 Å². The molecule has 0 saturated carbocycles. The molecule has 0 spiro atoms. The van der Waals surface area contributed by atoms with Crippen LogP contribution in [0.2, 0.25) is 5.15 Å². The fraction of sp³-hybridized carbons (Fsp3) is 0.235. The van der Waals surface area contributed by atoms with Crippen molar-refractivity contribution >= 4 is 17.6 Å². The molecule has 0 saturated heterocycles. The molecule has 2 atom stereocenters. The number of carbonyl (C=O) groups is 1. The quantitative estimate of drug-likeness (QED) is 0.618. The van der Waals surface area contributed by atoms with Crippen LogP contribution >= 0.6 is 11.6 Å². The average molecular weight is 317 g/mol. The normalized spacial score (nSPS) is 13.0. The van der Waals surface area contributed by atoms with Gasteiger partial charge in [-0.2, -0.15) is 0 Å². The summed E-state index contributed by atoms with van der Waals surface area (Å²) in [6.07, 6.45) is 2.68. The molecule has 2 rings (SSSR count). The summed E-state index contributed by atoms with van der Waals surface area (Å²) in [7, 11) is 0. The van der Waals surface area contributed by atoms with E-state index in [9.17, 15) is 4.79 Å². The Balaban J connectivity index is 2.32. The molecule has 22 heavy (non-hydrogen) atoms. The van der Waals surface area contributed by atoms with Gasteiger partial charge < -0.3 is 9.30 Å². The summed E-state index contributed by atoms with van der Waals surface area (Å²) >= 11 is 6.06. The first-order valence-corrected chi connectivity index (χ1v) is 7.26.